The first-order chi connectivity index (χ1) is 10.3. The van der Waals surface area contributed by atoms with Crippen LogP contribution in [-0.4, -0.2) is 34.5 Å². The normalized spacial score (nSPS) is 10.3. The van der Waals surface area contributed by atoms with Crippen molar-refractivity contribution in [3.05, 3.63) is 60.2 Å². The average molecular weight is 283 g/mol. The summed E-state index contributed by atoms with van der Waals surface area (Å²) in [5.74, 6) is -0.790. The highest BCUT2D eigenvalue weighted by Gasteiger charge is 2.06. The fourth-order valence-corrected chi connectivity index (χ4v) is 1.43. The van der Waals surface area contributed by atoms with Crippen molar-refractivity contribution in [3.8, 4) is 0 Å². The number of hydrogen-bond acceptors (Lipinski definition) is 5. The maximum atomic E-state index is 11.7. The first-order valence-corrected chi connectivity index (χ1v) is 6.16. The van der Waals surface area contributed by atoms with Crippen molar-refractivity contribution in [2.24, 2.45) is 5.10 Å². The Morgan fingerprint density at radius 2 is 1.90 bits per heavy atom. The van der Waals surface area contributed by atoms with Gasteiger partial charge in [-0.05, 0) is 18.2 Å². The van der Waals surface area contributed by atoms with E-state index in [1.54, 1.807) is 42.9 Å². The van der Waals surface area contributed by atoms with Gasteiger partial charge in [0, 0.05) is 30.4 Å². The number of amides is 2. The Morgan fingerprint density at radius 1 is 1.14 bits per heavy atom. The van der Waals surface area contributed by atoms with Crippen LogP contribution >= 0.6 is 0 Å². The van der Waals surface area contributed by atoms with Crippen LogP contribution in [-0.2, 0) is 4.79 Å². The van der Waals surface area contributed by atoms with Gasteiger partial charge in [-0.15, -0.1) is 0 Å². The lowest BCUT2D eigenvalue weighted by Gasteiger charge is -2.03. The van der Waals surface area contributed by atoms with Crippen LogP contribution in [0.2, 0.25) is 0 Å². The topological polar surface area (TPSA) is 96.3 Å². The summed E-state index contributed by atoms with van der Waals surface area (Å²) in [4.78, 5) is 30.9. The fraction of sp³-hybridized carbons (Fsp3) is 0.0714. The summed E-state index contributed by atoms with van der Waals surface area (Å²) in [5, 5.41) is 6.23. The first kappa shape index (κ1) is 14.3. The molecular formula is C14H13N5O2. The largest absolute Gasteiger partial charge is 0.343 e. The number of carbonyl (C=O) groups is 2. The molecular weight excluding hydrogens is 270 g/mol. The zero-order chi connectivity index (χ0) is 14.9. The standard InChI is InChI=1S/C14H13N5O2/c20-13(19-18-8-11-3-1-5-15-7-11)10-17-14(21)12-4-2-6-16-9-12/h1-9H,10H2,(H,17,21)(H,19,20)/b18-8-. The number of carbonyl (C=O) groups excluding carboxylic acids is 2. The molecule has 2 heterocycles. The monoisotopic (exact) mass is 283 g/mol. The van der Waals surface area contributed by atoms with E-state index in [0.29, 0.717) is 5.56 Å². The Hall–Kier alpha value is -3.09. The van der Waals surface area contributed by atoms with Crippen LogP contribution in [0.25, 0.3) is 0 Å². The second kappa shape index (κ2) is 7.49. The van der Waals surface area contributed by atoms with Gasteiger partial charge in [0.05, 0.1) is 18.3 Å². The zero-order valence-corrected chi connectivity index (χ0v) is 11.1. The lowest BCUT2D eigenvalue weighted by molar-refractivity contribution is -0.120. The summed E-state index contributed by atoms with van der Waals surface area (Å²) in [6.45, 7) is -0.169. The van der Waals surface area contributed by atoms with Gasteiger partial charge in [0.1, 0.15) is 0 Å². The number of nitrogens with one attached hydrogen (secondary N) is 2. The number of rotatable bonds is 5. The highest BCUT2D eigenvalue weighted by atomic mass is 16.2. The molecule has 0 bridgehead atoms. The van der Waals surface area contributed by atoms with Gasteiger partial charge in [0.15, 0.2) is 0 Å². The highest BCUT2D eigenvalue weighted by Crippen LogP contribution is 1.94. The van der Waals surface area contributed by atoms with E-state index in [9.17, 15) is 9.59 Å². The minimum absolute atomic E-state index is 0.169. The van der Waals surface area contributed by atoms with E-state index in [2.05, 4.69) is 25.8 Å². The van der Waals surface area contributed by atoms with E-state index in [1.807, 2.05) is 0 Å². The van der Waals surface area contributed by atoms with Gasteiger partial charge >= 0.3 is 0 Å². The molecule has 106 valence electrons. The number of aromatic nitrogens is 2. The maximum Gasteiger partial charge on any atom is 0.259 e. The van der Waals surface area contributed by atoms with Gasteiger partial charge in [-0.2, -0.15) is 5.10 Å². The molecule has 2 aromatic rings. The molecule has 2 aromatic heterocycles. The van der Waals surface area contributed by atoms with Crippen LogP contribution in [0.4, 0.5) is 0 Å². The summed E-state index contributed by atoms with van der Waals surface area (Å²) >= 11 is 0. The number of nitrogens with zero attached hydrogens (tertiary/aromatic N) is 3. The molecule has 0 aliphatic heterocycles. The van der Waals surface area contributed by atoms with E-state index in [1.165, 1.54) is 12.4 Å². The molecule has 2 amide bonds. The van der Waals surface area contributed by atoms with Crippen LogP contribution in [0.15, 0.2) is 54.2 Å². The molecule has 0 spiro atoms. The summed E-state index contributed by atoms with van der Waals surface area (Å²) in [6, 6.07) is 6.82. The van der Waals surface area contributed by atoms with Gasteiger partial charge in [-0.1, -0.05) is 6.07 Å². The molecule has 0 saturated carbocycles. The lowest BCUT2D eigenvalue weighted by atomic mass is 10.3. The quantitative estimate of drug-likeness (QED) is 0.611. The summed E-state index contributed by atoms with van der Waals surface area (Å²) in [5.41, 5.74) is 3.46. The SMILES string of the molecule is O=C(CNC(=O)c1cccnc1)N/N=C\c1cccnc1. The molecule has 0 aliphatic carbocycles. The minimum atomic E-state index is -0.424. The number of pyridine rings is 2. The predicted molar refractivity (Wildman–Crippen MR) is 76.5 cm³/mol. The van der Waals surface area contributed by atoms with E-state index < -0.39 is 5.91 Å². The fourth-order valence-electron chi connectivity index (χ4n) is 1.43. The predicted octanol–water partition coefficient (Wildman–Crippen LogP) is 0.357. The minimum Gasteiger partial charge on any atom is -0.343 e. The molecule has 2 N–H and O–H groups in total. The van der Waals surface area contributed by atoms with Gasteiger partial charge in [0.2, 0.25) is 0 Å². The Balaban J connectivity index is 1.75. The molecule has 0 aromatic carbocycles. The van der Waals surface area contributed by atoms with Gasteiger partial charge in [-0.3, -0.25) is 19.6 Å². The average Bonchev–Trinajstić information content (AvgIpc) is 2.54. The smallest absolute Gasteiger partial charge is 0.259 e. The van der Waals surface area contributed by atoms with Crippen molar-refractivity contribution >= 4 is 18.0 Å². The second-order valence-electron chi connectivity index (χ2n) is 4.00. The van der Waals surface area contributed by atoms with E-state index >= 15 is 0 Å². The molecule has 2 rings (SSSR count). The molecule has 7 heteroatoms. The van der Waals surface area contributed by atoms with Crippen LogP contribution in [0.3, 0.4) is 0 Å². The van der Waals surface area contributed by atoms with Crippen LogP contribution in [0.1, 0.15) is 15.9 Å². The third-order valence-electron chi connectivity index (χ3n) is 2.42. The molecule has 0 aliphatic rings. The first-order valence-electron chi connectivity index (χ1n) is 6.16. The van der Waals surface area contributed by atoms with Gasteiger partial charge in [-0.25, -0.2) is 5.43 Å². The Morgan fingerprint density at radius 3 is 2.57 bits per heavy atom. The van der Waals surface area contributed by atoms with Crippen molar-refractivity contribution in [2.45, 2.75) is 0 Å². The van der Waals surface area contributed by atoms with E-state index in [4.69, 9.17) is 0 Å². The third-order valence-corrected chi connectivity index (χ3v) is 2.42. The van der Waals surface area contributed by atoms with Crippen molar-refractivity contribution < 1.29 is 9.59 Å². The lowest BCUT2D eigenvalue weighted by Crippen LogP contribution is -2.34. The van der Waals surface area contributed by atoms with Crippen molar-refractivity contribution in [2.75, 3.05) is 6.54 Å². The Labute approximate surface area is 121 Å². The summed E-state index contributed by atoms with van der Waals surface area (Å²) in [6.07, 6.45) is 7.71. The zero-order valence-electron chi connectivity index (χ0n) is 11.1. The summed E-state index contributed by atoms with van der Waals surface area (Å²) in [7, 11) is 0. The Bertz CT molecular complexity index is 628. The molecule has 0 atom stereocenters. The number of hydrogen-bond donors (Lipinski definition) is 2. The summed E-state index contributed by atoms with van der Waals surface area (Å²) < 4.78 is 0. The molecule has 0 saturated heterocycles. The van der Waals surface area contributed by atoms with Crippen molar-refractivity contribution in [1.82, 2.24) is 20.7 Å². The van der Waals surface area contributed by atoms with Gasteiger partial charge in [0.25, 0.3) is 11.8 Å². The van der Waals surface area contributed by atoms with Crippen LogP contribution < -0.4 is 10.7 Å². The molecule has 0 fully saturated rings. The van der Waals surface area contributed by atoms with Gasteiger partial charge < -0.3 is 5.32 Å². The molecule has 0 unspecified atom stereocenters. The molecule has 21 heavy (non-hydrogen) atoms. The number of hydrazone groups is 1. The third kappa shape index (κ3) is 4.83. The Kier molecular flexibility index (Phi) is 5.11. The van der Waals surface area contributed by atoms with Crippen molar-refractivity contribution in [1.29, 1.82) is 0 Å². The molecule has 7 nitrogen and oxygen atoms in total. The van der Waals surface area contributed by atoms with E-state index in [0.717, 1.165) is 5.56 Å². The second-order valence-corrected chi connectivity index (χ2v) is 4.00. The van der Waals surface area contributed by atoms with Crippen LogP contribution in [0.5, 0.6) is 0 Å². The molecule has 0 radical (unpaired) electrons. The maximum absolute atomic E-state index is 11.7. The van der Waals surface area contributed by atoms with E-state index in [-0.39, 0.29) is 12.5 Å². The highest BCUT2D eigenvalue weighted by molar-refractivity contribution is 5.96. The van der Waals surface area contributed by atoms with Crippen LogP contribution in [0, 0.1) is 0 Å². The van der Waals surface area contributed by atoms with Crippen molar-refractivity contribution in [3.63, 3.8) is 0 Å².